The van der Waals surface area contributed by atoms with Crippen LogP contribution in [0.1, 0.15) is 10.4 Å². The Morgan fingerprint density at radius 2 is 1.60 bits per heavy atom. The maximum Gasteiger partial charge on any atom is 0.573 e. The molecule has 1 N–H and O–H groups in total. The molecule has 0 unspecified atom stereocenters. The van der Waals surface area contributed by atoms with Crippen LogP contribution in [0.5, 0.6) is 5.75 Å². The predicted octanol–water partition coefficient (Wildman–Crippen LogP) is 4.61. The van der Waals surface area contributed by atoms with E-state index in [1.54, 1.807) is 12.1 Å². The summed E-state index contributed by atoms with van der Waals surface area (Å²) < 4.78 is 45.8. The largest absolute Gasteiger partial charge is 0.573 e. The van der Waals surface area contributed by atoms with E-state index in [1.807, 2.05) is 0 Å². The summed E-state index contributed by atoms with van der Waals surface area (Å²) >= 11 is 0. The quantitative estimate of drug-likeness (QED) is 0.745. The fraction of sp³-hybridized carbons (Fsp3) is 0.0588. The molecule has 3 aromatic rings. The third-order valence-electron chi connectivity index (χ3n) is 3.26. The lowest BCUT2D eigenvalue weighted by Gasteiger charge is -2.08. The van der Waals surface area contributed by atoms with E-state index in [4.69, 9.17) is 9.52 Å². The van der Waals surface area contributed by atoms with Crippen LogP contribution in [0.25, 0.3) is 22.8 Å². The number of hydrogen-bond acceptors (Lipinski definition) is 4. The van der Waals surface area contributed by atoms with E-state index in [1.165, 1.54) is 30.5 Å². The summed E-state index contributed by atoms with van der Waals surface area (Å²) in [5.41, 5.74) is 1.24. The number of hydrogen-bond donors (Lipinski definition) is 1. The van der Waals surface area contributed by atoms with Crippen molar-refractivity contribution < 1.29 is 32.2 Å². The minimum Gasteiger partial charge on any atom is -0.478 e. The number of rotatable bonds is 4. The Bertz CT molecular complexity index is 884. The lowest BCUT2D eigenvalue weighted by atomic mass is 10.1. The highest BCUT2D eigenvalue weighted by Crippen LogP contribution is 2.29. The zero-order valence-corrected chi connectivity index (χ0v) is 12.4. The zero-order valence-electron chi connectivity index (χ0n) is 12.4. The van der Waals surface area contributed by atoms with Crippen LogP contribution in [0.15, 0.2) is 59.1 Å². The molecular weight excluding hydrogens is 339 g/mol. The summed E-state index contributed by atoms with van der Waals surface area (Å²) in [6.07, 6.45) is -3.30. The van der Waals surface area contributed by atoms with Crippen LogP contribution in [0.2, 0.25) is 0 Å². The standard InChI is InChI=1S/C17H10F3NO4/c18-17(19,20)25-13-7-5-11(6-8-13)15-21-9-14(24-15)10-1-3-12(4-2-10)16(22)23/h1-9H,(H,22,23). The Kier molecular flexibility index (Phi) is 4.18. The van der Waals surface area contributed by atoms with E-state index in [-0.39, 0.29) is 17.2 Å². The normalized spacial score (nSPS) is 11.3. The predicted molar refractivity (Wildman–Crippen MR) is 81.0 cm³/mol. The maximum absolute atomic E-state index is 12.1. The van der Waals surface area contributed by atoms with Crippen LogP contribution in [0, 0.1) is 0 Å². The van der Waals surface area contributed by atoms with Crippen LogP contribution >= 0.6 is 0 Å². The second-order valence-electron chi connectivity index (χ2n) is 4.98. The van der Waals surface area contributed by atoms with Gasteiger partial charge in [0.2, 0.25) is 5.89 Å². The molecule has 3 rings (SSSR count). The molecule has 5 nitrogen and oxygen atoms in total. The van der Waals surface area contributed by atoms with Crippen molar-refractivity contribution in [2.45, 2.75) is 6.36 Å². The number of halogens is 3. The maximum atomic E-state index is 12.1. The van der Waals surface area contributed by atoms with Gasteiger partial charge in [-0.1, -0.05) is 12.1 Å². The molecule has 0 saturated carbocycles. The van der Waals surface area contributed by atoms with E-state index >= 15 is 0 Å². The Hall–Kier alpha value is -3.29. The molecule has 0 aliphatic rings. The molecule has 8 heteroatoms. The molecule has 0 fully saturated rings. The molecule has 1 heterocycles. The highest BCUT2D eigenvalue weighted by Gasteiger charge is 2.31. The first-order valence-electron chi connectivity index (χ1n) is 6.97. The van der Waals surface area contributed by atoms with Gasteiger partial charge in [-0.3, -0.25) is 0 Å². The number of carboxylic acids is 1. The van der Waals surface area contributed by atoms with E-state index in [0.717, 1.165) is 12.1 Å². The topological polar surface area (TPSA) is 72.6 Å². The molecule has 0 aliphatic heterocycles. The first kappa shape index (κ1) is 16.6. The Labute approximate surface area is 139 Å². The molecule has 0 aliphatic carbocycles. The van der Waals surface area contributed by atoms with Gasteiger partial charge >= 0.3 is 12.3 Å². The number of aromatic nitrogens is 1. The molecule has 2 aromatic carbocycles. The fourth-order valence-corrected chi connectivity index (χ4v) is 2.12. The van der Waals surface area contributed by atoms with Crippen LogP contribution in [0.4, 0.5) is 13.2 Å². The van der Waals surface area contributed by atoms with Gasteiger partial charge in [0.1, 0.15) is 5.75 Å². The zero-order chi connectivity index (χ0) is 18.0. The number of carbonyl (C=O) groups is 1. The molecule has 1 aromatic heterocycles. The molecule has 0 amide bonds. The molecule has 0 spiro atoms. The van der Waals surface area contributed by atoms with Crippen molar-refractivity contribution in [2.75, 3.05) is 0 Å². The summed E-state index contributed by atoms with van der Waals surface area (Å²) in [6, 6.07) is 11.1. The van der Waals surface area contributed by atoms with Crippen LogP contribution in [0.3, 0.4) is 0 Å². The van der Waals surface area contributed by atoms with Crippen molar-refractivity contribution in [1.29, 1.82) is 0 Å². The summed E-state index contributed by atoms with van der Waals surface area (Å²) in [7, 11) is 0. The Balaban J connectivity index is 1.80. The summed E-state index contributed by atoms with van der Waals surface area (Å²) in [6.45, 7) is 0. The SMILES string of the molecule is O=C(O)c1ccc(-c2cnc(-c3ccc(OC(F)(F)F)cc3)o2)cc1. The van der Waals surface area contributed by atoms with Crippen molar-refractivity contribution >= 4 is 5.97 Å². The van der Waals surface area contributed by atoms with Gasteiger partial charge in [0.25, 0.3) is 0 Å². The first-order chi connectivity index (χ1) is 11.8. The number of oxazole rings is 1. The minimum atomic E-state index is -4.75. The van der Waals surface area contributed by atoms with Crippen LogP contribution in [-0.2, 0) is 0 Å². The van der Waals surface area contributed by atoms with E-state index in [9.17, 15) is 18.0 Å². The molecule has 0 saturated heterocycles. The van der Waals surface area contributed by atoms with Crippen LogP contribution < -0.4 is 4.74 Å². The average molecular weight is 349 g/mol. The van der Waals surface area contributed by atoms with Crippen molar-refractivity contribution in [3.63, 3.8) is 0 Å². The van der Waals surface area contributed by atoms with Gasteiger partial charge in [-0.2, -0.15) is 0 Å². The number of aromatic carboxylic acids is 1. The van der Waals surface area contributed by atoms with E-state index in [2.05, 4.69) is 9.72 Å². The first-order valence-corrected chi connectivity index (χ1v) is 6.97. The molecule has 0 radical (unpaired) electrons. The Morgan fingerprint density at radius 3 is 2.16 bits per heavy atom. The van der Waals surface area contributed by atoms with Gasteiger partial charge in [0, 0.05) is 11.1 Å². The Morgan fingerprint density at radius 1 is 1.00 bits per heavy atom. The smallest absolute Gasteiger partial charge is 0.478 e. The van der Waals surface area contributed by atoms with Gasteiger partial charge in [-0.15, -0.1) is 13.2 Å². The van der Waals surface area contributed by atoms with Gasteiger partial charge in [0.15, 0.2) is 5.76 Å². The van der Waals surface area contributed by atoms with Gasteiger partial charge in [0.05, 0.1) is 11.8 Å². The number of ether oxygens (including phenoxy) is 1. The fourth-order valence-electron chi connectivity index (χ4n) is 2.12. The lowest BCUT2D eigenvalue weighted by Crippen LogP contribution is -2.16. The number of benzene rings is 2. The van der Waals surface area contributed by atoms with Crippen molar-refractivity contribution in [3.05, 3.63) is 60.3 Å². The molecule has 25 heavy (non-hydrogen) atoms. The summed E-state index contributed by atoms with van der Waals surface area (Å²) in [5.74, 6) is -0.753. The monoisotopic (exact) mass is 349 g/mol. The van der Waals surface area contributed by atoms with Gasteiger partial charge < -0.3 is 14.3 Å². The van der Waals surface area contributed by atoms with Crippen LogP contribution in [-0.4, -0.2) is 22.4 Å². The number of carboxylic acid groups (broad SMARTS) is 1. The third kappa shape index (κ3) is 3.97. The summed E-state index contributed by atoms with van der Waals surface area (Å²) in [4.78, 5) is 14.9. The second-order valence-corrected chi connectivity index (χ2v) is 4.98. The van der Waals surface area contributed by atoms with Crippen molar-refractivity contribution in [1.82, 2.24) is 4.98 Å². The summed E-state index contributed by atoms with van der Waals surface area (Å²) in [5, 5.41) is 8.88. The average Bonchev–Trinajstić information content (AvgIpc) is 3.04. The second kappa shape index (κ2) is 6.31. The molecule has 128 valence electrons. The van der Waals surface area contributed by atoms with Crippen molar-refractivity contribution in [3.8, 4) is 28.5 Å². The highest BCUT2D eigenvalue weighted by molar-refractivity contribution is 5.88. The number of alkyl halides is 3. The number of nitrogens with zero attached hydrogens (tertiary/aromatic N) is 1. The molecule has 0 bridgehead atoms. The third-order valence-corrected chi connectivity index (χ3v) is 3.26. The minimum absolute atomic E-state index is 0.142. The van der Waals surface area contributed by atoms with Gasteiger partial charge in [-0.05, 0) is 36.4 Å². The van der Waals surface area contributed by atoms with Crippen molar-refractivity contribution in [2.24, 2.45) is 0 Å². The van der Waals surface area contributed by atoms with E-state index in [0.29, 0.717) is 16.9 Å². The van der Waals surface area contributed by atoms with Gasteiger partial charge in [-0.25, -0.2) is 9.78 Å². The molecule has 0 atom stereocenters. The highest BCUT2D eigenvalue weighted by atomic mass is 19.4. The lowest BCUT2D eigenvalue weighted by molar-refractivity contribution is -0.274. The molecular formula is C17H10F3NO4. The van der Waals surface area contributed by atoms with E-state index < -0.39 is 12.3 Å².